The maximum absolute atomic E-state index is 11.3. The molecule has 19 heavy (non-hydrogen) atoms. The molecule has 2 rings (SSSR count). The first-order valence-corrected chi connectivity index (χ1v) is 5.99. The minimum Gasteiger partial charge on any atom is -0.366 e. The molecule has 1 amide bonds. The van der Waals surface area contributed by atoms with E-state index in [2.05, 4.69) is 6.07 Å². The van der Waals surface area contributed by atoms with Gasteiger partial charge in [-0.15, -0.1) is 0 Å². The zero-order valence-corrected chi connectivity index (χ0v) is 10.7. The number of nitrogens with two attached hydrogens (primary N) is 1. The highest BCUT2D eigenvalue weighted by Gasteiger charge is 2.08. The second-order valence-electron chi connectivity index (χ2n) is 4.46. The van der Waals surface area contributed by atoms with Crippen molar-refractivity contribution in [2.24, 2.45) is 5.73 Å². The van der Waals surface area contributed by atoms with Crippen molar-refractivity contribution in [1.29, 1.82) is 5.26 Å². The average molecular weight is 250 g/mol. The summed E-state index contributed by atoms with van der Waals surface area (Å²) in [7, 11) is 0. The highest BCUT2D eigenvalue weighted by Crippen LogP contribution is 2.17. The average Bonchev–Trinajstić information content (AvgIpc) is 2.41. The molecule has 0 saturated carbocycles. The Hall–Kier alpha value is -2.60. The Morgan fingerprint density at radius 1 is 1.26 bits per heavy atom. The van der Waals surface area contributed by atoms with Crippen molar-refractivity contribution in [2.45, 2.75) is 13.3 Å². The Balaban J connectivity index is 2.37. The van der Waals surface area contributed by atoms with E-state index in [1.165, 1.54) is 0 Å². The van der Waals surface area contributed by atoms with Crippen molar-refractivity contribution in [3.63, 3.8) is 0 Å². The van der Waals surface area contributed by atoms with Gasteiger partial charge in [-0.1, -0.05) is 30.3 Å². The normalized spacial score (nSPS) is 9.89. The molecule has 0 radical (unpaired) electrons. The van der Waals surface area contributed by atoms with E-state index in [0.29, 0.717) is 17.5 Å². The summed E-state index contributed by atoms with van der Waals surface area (Å²) in [5, 5.41) is 9.06. The molecule has 3 nitrogen and oxygen atoms in total. The van der Waals surface area contributed by atoms with Crippen LogP contribution in [-0.4, -0.2) is 5.91 Å². The standard InChI is InChI=1S/C16H14N2O/c1-11-6-7-12(9-15(11)16(18)19)8-13-4-2-3-5-14(13)10-17/h2-7,9H,8H2,1H3,(H2,18,19). The molecule has 2 N–H and O–H groups in total. The number of carbonyl (C=O) groups excluding carboxylic acids is 1. The molecule has 0 aliphatic rings. The lowest BCUT2D eigenvalue weighted by Crippen LogP contribution is -2.13. The van der Waals surface area contributed by atoms with Crippen molar-refractivity contribution in [2.75, 3.05) is 0 Å². The topological polar surface area (TPSA) is 66.9 Å². The highest BCUT2D eigenvalue weighted by molar-refractivity contribution is 5.94. The van der Waals surface area contributed by atoms with Gasteiger partial charge in [0.15, 0.2) is 0 Å². The molecule has 3 heteroatoms. The van der Waals surface area contributed by atoms with Gasteiger partial charge in [-0.3, -0.25) is 4.79 Å². The smallest absolute Gasteiger partial charge is 0.248 e. The fraction of sp³-hybridized carbons (Fsp3) is 0.125. The summed E-state index contributed by atoms with van der Waals surface area (Å²) in [6.45, 7) is 1.85. The third-order valence-electron chi connectivity index (χ3n) is 3.10. The fourth-order valence-electron chi connectivity index (χ4n) is 2.05. The maximum Gasteiger partial charge on any atom is 0.248 e. The first-order valence-electron chi connectivity index (χ1n) is 5.99. The van der Waals surface area contributed by atoms with E-state index in [1.807, 2.05) is 37.3 Å². The molecule has 0 atom stereocenters. The van der Waals surface area contributed by atoms with Gasteiger partial charge in [0.2, 0.25) is 5.91 Å². The van der Waals surface area contributed by atoms with Crippen LogP contribution in [0.2, 0.25) is 0 Å². The Labute approximate surface area is 112 Å². The first-order chi connectivity index (χ1) is 9.11. The van der Waals surface area contributed by atoms with Crippen LogP contribution >= 0.6 is 0 Å². The summed E-state index contributed by atoms with van der Waals surface area (Å²) in [6.07, 6.45) is 0.615. The van der Waals surface area contributed by atoms with Crippen LogP contribution in [0.4, 0.5) is 0 Å². The van der Waals surface area contributed by atoms with Crippen molar-refractivity contribution < 1.29 is 4.79 Å². The van der Waals surface area contributed by atoms with Gasteiger partial charge in [-0.25, -0.2) is 0 Å². The Morgan fingerprint density at radius 2 is 2.00 bits per heavy atom. The Kier molecular flexibility index (Phi) is 3.63. The molecular weight excluding hydrogens is 236 g/mol. The highest BCUT2D eigenvalue weighted by atomic mass is 16.1. The molecule has 0 spiro atoms. The van der Waals surface area contributed by atoms with E-state index >= 15 is 0 Å². The number of amides is 1. The van der Waals surface area contributed by atoms with E-state index < -0.39 is 5.91 Å². The van der Waals surface area contributed by atoms with E-state index in [9.17, 15) is 4.79 Å². The Bertz CT molecular complexity index is 669. The lowest BCUT2D eigenvalue weighted by Gasteiger charge is -2.07. The summed E-state index contributed by atoms with van der Waals surface area (Å²) < 4.78 is 0. The molecule has 0 heterocycles. The van der Waals surface area contributed by atoms with E-state index in [-0.39, 0.29) is 0 Å². The van der Waals surface area contributed by atoms with Crippen LogP contribution in [0.25, 0.3) is 0 Å². The minimum atomic E-state index is -0.423. The third kappa shape index (κ3) is 2.80. The van der Waals surface area contributed by atoms with Crippen molar-refractivity contribution in [3.05, 3.63) is 70.3 Å². The fourth-order valence-corrected chi connectivity index (χ4v) is 2.05. The van der Waals surface area contributed by atoms with Crippen LogP contribution in [0.15, 0.2) is 42.5 Å². The number of carbonyl (C=O) groups is 1. The van der Waals surface area contributed by atoms with Gasteiger partial charge >= 0.3 is 0 Å². The molecule has 0 fully saturated rings. The third-order valence-corrected chi connectivity index (χ3v) is 3.10. The first kappa shape index (κ1) is 12.8. The predicted octanol–water partition coefficient (Wildman–Crippen LogP) is 2.56. The zero-order chi connectivity index (χ0) is 13.8. The molecule has 0 aromatic heterocycles. The molecule has 0 unspecified atom stereocenters. The summed E-state index contributed by atoms with van der Waals surface area (Å²) >= 11 is 0. The number of hydrogen-bond acceptors (Lipinski definition) is 2. The molecule has 0 saturated heterocycles. The monoisotopic (exact) mass is 250 g/mol. The Morgan fingerprint density at radius 3 is 2.68 bits per heavy atom. The van der Waals surface area contributed by atoms with Gasteiger partial charge in [-0.05, 0) is 42.2 Å². The van der Waals surface area contributed by atoms with Crippen molar-refractivity contribution in [3.8, 4) is 6.07 Å². The van der Waals surface area contributed by atoms with Crippen molar-refractivity contribution >= 4 is 5.91 Å². The number of nitrogens with zero attached hydrogens (tertiary/aromatic N) is 1. The van der Waals surface area contributed by atoms with Gasteiger partial charge in [0.05, 0.1) is 11.6 Å². The largest absolute Gasteiger partial charge is 0.366 e. The number of hydrogen-bond donors (Lipinski definition) is 1. The molecule has 94 valence electrons. The van der Waals surface area contributed by atoms with Crippen LogP contribution in [0.5, 0.6) is 0 Å². The molecular formula is C16H14N2O. The predicted molar refractivity (Wildman–Crippen MR) is 73.7 cm³/mol. The summed E-state index contributed by atoms with van der Waals surface area (Å²) in [5.41, 5.74) is 9.32. The van der Waals surface area contributed by atoms with Gasteiger partial charge in [-0.2, -0.15) is 5.26 Å². The maximum atomic E-state index is 11.3. The number of rotatable bonds is 3. The van der Waals surface area contributed by atoms with Crippen molar-refractivity contribution in [1.82, 2.24) is 0 Å². The van der Waals surface area contributed by atoms with Gasteiger partial charge in [0.1, 0.15) is 0 Å². The number of primary amides is 1. The van der Waals surface area contributed by atoms with Crippen LogP contribution in [-0.2, 0) is 6.42 Å². The number of benzene rings is 2. The number of nitriles is 1. The zero-order valence-electron chi connectivity index (χ0n) is 10.7. The van der Waals surface area contributed by atoms with Crippen LogP contribution in [0.3, 0.4) is 0 Å². The van der Waals surface area contributed by atoms with E-state index in [4.69, 9.17) is 11.0 Å². The van der Waals surface area contributed by atoms with E-state index in [0.717, 1.165) is 16.7 Å². The summed E-state index contributed by atoms with van der Waals surface area (Å²) in [4.78, 5) is 11.3. The second kappa shape index (κ2) is 5.36. The molecule has 2 aromatic carbocycles. The molecule has 0 aliphatic heterocycles. The minimum absolute atomic E-state index is 0.423. The summed E-state index contributed by atoms with van der Waals surface area (Å²) in [6, 6.07) is 15.3. The molecule has 2 aromatic rings. The lowest BCUT2D eigenvalue weighted by atomic mass is 9.97. The quantitative estimate of drug-likeness (QED) is 0.909. The lowest BCUT2D eigenvalue weighted by molar-refractivity contribution is 0.0999. The van der Waals surface area contributed by atoms with Gasteiger partial charge < -0.3 is 5.73 Å². The van der Waals surface area contributed by atoms with Crippen LogP contribution in [0, 0.1) is 18.3 Å². The van der Waals surface area contributed by atoms with Gasteiger partial charge in [0.25, 0.3) is 0 Å². The number of aryl methyl sites for hydroxylation is 1. The molecule has 0 bridgehead atoms. The summed E-state index contributed by atoms with van der Waals surface area (Å²) in [5.74, 6) is -0.423. The molecule has 0 aliphatic carbocycles. The van der Waals surface area contributed by atoms with Crippen LogP contribution < -0.4 is 5.73 Å². The SMILES string of the molecule is Cc1ccc(Cc2ccccc2C#N)cc1C(N)=O. The second-order valence-corrected chi connectivity index (χ2v) is 4.46. The van der Waals surface area contributed by atoms with Gasteiger partial charge in [0, 0.05) is 5.56 Å². The van der Waals surface area contributed by atoms with E-state index in [1.54, 1.807) is 12.1 Å². The van der Waals surface area contributed by atoms with Crippen LogP contribution in [0.1, 0.15) is 32.6 Å².